The molecule has 0 saturated carbocycles. The van der Waals surface area contributed by atoms with Gasteiger partial charge in [-0.3, -0.25) is 9.59 Å². The first-order valence-corrected chi connectivity index (χ1v) is 9.29. The second-order valence-electron chi connectivity index (χ2n) is 6.73. The Labute approximate surface area is 158 Å². The lowest BCUT2D eigenvalue weighted by molar-refractivity contribution is -0.140. The second-order valence-corrected chi connectivity index (χ2v) is 6.73. The Morgan fingerprint density at radius 2 is 1.89 bits per heavy atom. The van der Waals surface area contributed by atoms with Gasteiger partial charge in [-0.15, -0.1) is 0 Å². The first-order valence-electron chi connectivity index (χ1n) is 9.29. The number of aliphatic hydroxyl groups excluding tert-OH is 1. The van der Waals surface area contributed by atoms with Crippen molar-refractivity contribution in [2.24, 2.45) is 0 Å². The zero-order valence-corrected chi connectivity index (χ0v) is 15.3. The van der Waals surface area contributed by atoms with Gasteiger partial charge in [-0.1, -0.05) is 42.5 Å². The van der Waals surface area contributed by atoms with Crippen LogP contribution in [0.2, 0.25) is 0 Å². The maximum absolute atomic E-state index is 12.3. The molecule has 2 N–H and O–H groups in total. The highest BCUT2D eigenvalue weighted by Gasteiger charge is 2.30. The molecule has 1 fully saturated rings. The highest BCUT2D eigenvalue weighted by Crippen LogP contribution is 2.17. The molecule has 3 rings (SSSR count). The second kappa shape index (κ2) is 9.64. The van der Waals surface area contributed by atoms with Crippen LogP contribution >= 0.6 is 0 Å². The molecule has 2 aliphatic rings. The number of morpholine rings is 1. The molecular weight excluding hydrogens is 348 g/mol. The van der Waals surface area contributed by atoms with E-state index in [-0.39, 0.29) is 31.3 Å². The molecule has 146 valence electrons. The summed E-state index contributed by atoms with van der Waals surface area (Å²) in [5.41, 5.74) is 0.922. The molecule has 1 aromatic rings. The number of nitrogens with one attached hydrogen (secondary N) is 1. The number of hydrogen-bond acceptors (Lipinski definition) is 5. The van der Waals surface area contributed by atoms with Crippen molar-refractivity contribution in [2.75, 3.05) is 32.9 Å². The lowest BCUT2D eigenvalue weighted by atomic mass is 10.0. The monoisotopic (exact) mass is 374 g/mol. The number of aliphatic hydroxyl groups is 1. The Hall–Kier alpha value is -2.22. The fraction of sp³-hybridized carbons (Fsp3) is 0.500. The van der Waals surface area contributed by atoms with Crippen molar-refractivity contribution in [1.29, 1.82) is 0 Å². The van der Waals surface area contributed by atoms with Crippen LogP contribution in [0.25, 0.3) is 0 Å². The highest BCUT2D eigenvalue weighted by molar-refractivity contribution is 5.79. The first kappa shape index (κ1) is 19.5. The minimum atomic E-state index is -0.572. The van der Waals surface area contributed by atoms with Gasteiger partial charge in [0.15, 0.2) is 0 Å². The van der Waals surface area contributed by atoms with Crippen molar-refractivity contribution >= 4 is 11.8 Å². The summed E-state index contributed by atoms with van der Waals surface area (Å²) in [6.07, 6.45) is 3.11. The van der Waals surface area contributed by atoms with Crippen molar-refractivity contribution in [1.82, 2.24) is 10.2 Å². The van der Waals surface area contributed by atoms with E-state index in [0.717, 1.165) is 5.56 Å². The van der Waals surface area contributed by atoms with Crippen LogP contribution in [0.1, 0.15) is 12.0 Å². The van der Waals surface area contributed by atoms with Gasteiger partial charge >= 0.3 is 0 Å². The van der Waals surface area contributed by atoms with Gasteiger partial charge in [0.1, 0.15) is 6.10 Å². The number of amides is 2. The summed E-state index contributed by atoms with van der Waals surface area (Å²) in [5, 5.41) is 12.5. The van der Waals surface area contributed by atoms with E-state index in [0.29, 0.717) is 26.3 Å². The minimum absolute atomic E-state index is 0.0104. The van der Waals surface area contributed by atoms with E-state index in [1.165, 1.54) is 0 Å². The Morgan fingerprint density at radius 3 is 2.59 bits per heavy atom. The van der Waals surface area contributed by atoms with Crippen LogP contribution in [-0.2, 0) is 25.5 Å². The lowest BCUT2D eigenvalue weighted by Gasteiger charge is -2.33. The molecule has 0 unspecified atom stereocenters. The van der Waals surface area contributed by atoms with E-state index in [2.05, 4.69) is 5.32 Å². The maximum atomic E-state index is 12.3. The quantitative estimate of drug-likeness (QED) is 0.699. The molecule has 0 aliphatic carbocycles. The Balaban J connectivity index is 1.52. The van der Waals surface area contributed by atoms with Gasteiger partial charge in [0.05, 0.1) is 44.8 Å². The zero-order chi connectivity index (χ0) is 19.1. The van der Waals surface area contributed by atoms with E-state index < -0.39 is 18.2 Å². The molecule has 27 heavy (non-hydrogen) atoms. The average Bonchev–Trinajstić information content (AvgIpc) is 2.70. The molecule has 7 nitrogen and oxygen atoms in total. The Bertz CT molecular complexity index is 658. The Kier molecular flexibility index (Phi) is 6.98. The third-order valence-corrected chi connectivity index (χ3v) is 4.74. The third kappa shape index (κ3) is 5.63. The van der Waals surface area contributed by atoms with Gasteiger partial charge in [-0.05, 0) is 5.56 Å². The Morgan fingerprint density at radius 1 is 1.15 bits per heavy atom. The average molecular weight is 374 g/mol. The van der Waals surface area contributed by atoms with Crippen LogP contribution < -0.4 is 5.32 Å². The van der Waals surface area contributed by atoms with Gasteiger partial charge in [-0.25, -0.2) is 0 Å². The molecule has 7 heteroatoms. The molecule has 0 aromatic heterocycles. The molecule has 2 aliphatic heterocycles. The van der Waals surface area contributed by atoms with E-state index in [4.69, 9.17) is 9.47 Å². The topological polar surface area (TPSA) is 88.1 Å². The summed E-state index contributed by atoms with van der Waals surface area (Å²) in [4.78, 5) is 26.4. The highest BCUT2D eigenvalue weighted by atomic mass is 16.5. The maximum Gasteiger partial charge on any atom is 0.225 e. The number of ether oxygens (including phenoxy) is 2. The summed E-state index contributed by atoms with van der Waals surface area (Å²) >= 11 is 0. The molecule has 0 bridgehead atoms. The SMILES string of the molecule is O=C(Cc1ccccc1)N[C@H]1C=C[C@H](CC(=O)N2CCOCC2)O[C@H]1CO. The van der Waals surface area contributed by atoms with Crippen molar-refractivity contribution in [2.45, 2.75) is 31.1 Å². The predicted molar refractivity (Wildman–Crippen MR) is 99.0 cm³/mol. The standard InChI is InChI=1S/C20H26N2O5/c23-14-18-17(21-19(24)12-15-4-2-1-3-5-15)7-6-16(27-18)13-20(25)22-8-10-26-11-9-22/h1-7,16-18,23H,8-14H2,(H,21,24)/t16-,17+,18+/m1/s1. The van der Waals surface area contributed by atoms with Crippen LogP contribution in [0, 0.1) is 0 Å². The number of nitrogens with zero attached hydrogens (tertiary/aromatic N) is 1. The van der Waals surface area contributed by atoms with Gasteiger partial charge in [-0.2, -0.15) is 0 Å². The van der Waals surface area contributed by atoms with E-state index in [1.807, 2.05) is 36.4 Å². The van der Waals surface area contributed by atoms with Crippen molar-refractivity contribution in [3.8, 4) is 0 Å². The molecule has 0 spiro atoms. The first-order chi connectivity index (χ1) is 13.2. The van der Waals surface area contributed by atoms with Gasteiger partial charge < -0.3 is 24.8 Å². The summed E-state index contributed by atoms with van der Waals surface area (Å²) in [7, 11) is 0. The molecular formula is C20H26N2O5. The molecule has 1 aromatic carbocycles. The number of carbonyl (C=O) groups is 2. The van der Waals surface area contributed by atoms with Gasteiger partial charge in [0, 0.05) is 13.1 Å². The molecule has 2 heterocycles. The van der Waals surface area contributed by atoms with Crippen molar-refractivity contribution in [3.63, 3.8) is 0 Å². The summed E-state index contributed by atoms with van der Waals surface area (Å²) in [6, 6.07) is 9.05. The molecule has 1 saturated heterocycles. The van der Waals surface area contributed by atoms with Crippen LogP contribution in [0.4, 0.5) is 0 Å². The van der Waals surface area contributed by atoms with E-state index in [1.54, 1.807) is 11.0 Å². The largest absolute Gasteiger partial charge is 0.394 e. The smallest absolute Gasteiger partial charge is 0.225 e. The summed E-state index contributed by atoms with van der Waals surface area (Å²) < 4.78 is 11.1. The number of carbonyl (C=O) groups excluding carboxylic acids is 2. The van der Waals surface area contributed by atoms with Crippen LogP contribution in [0.15, 0.2) is 42.5 Å². The van der Waals surface area contributed by atoms with Gasteiger partial charge in [0.2, 0.25) is 11.8 Å². The third-order valence-electron chi connectivity index (χ3n) is 4.74. The summed E-state index contributed by atoms with van der Waals surface area (Å²) in [6.45, 7) is 2.07. The molecule has 2 amide bonds. The number of hydrogen-bond donors (Lipinski definition) is 2. The lowest BCUT2D eigenvalue weighted by Crippen LogP contribution is -2.50. The van der Waals surface area contributed by atoms with Crippen LogP contribution in [-0.4, -0.2) is 73.0 Å². The number of rotatable bonds is 6. The minimum Gasteiger partial charge on any atom is -0.394 e. The van der Waals surface area contributed by atoms with Crippen molar-refractivity contribution < 1.29 is 24.2 Å². The van der Waals surface area contributed by atoms with Crippen molar-refractivity contribution in [3.05, 3.63) is 48.0 Å². The van der Waals surface area contributed by atoms with E-state index in [9.17, 15) is 14.7 Å². The summed E-state index contributed by atoms with van der Waals surface area (Å²) in [5.74, 6) is -0.128. The molecule has 0 radical (unpaired) electrons. The van der Waals surface area contributed by atoms with Crippen LogP contribution in [0.3, 0.4) is 0 Å². The molecule has 3 atom stereocenters. The zero-order valence-electron chi connectivity index (χ0n) is 15.3. The van der Waals surface area contributed by atoms with Gasteiger partial charge in [0.25, 0.3) is 0 Å². The fourth-order valence-corrected chi connectivity index (χ4v) is 3.27. The van der Waals surface area contributed by atoms with E-state index >= 15 is 0 Å². The normalized spacial score (nSPS) is 25.2. The van der Waals surface area contributed by atoms with Crippen LogP contribution in [0.5, 0.6) is 0 Å². The fourth-order valence-electron chi connectivity index (χ4n) is 3.27. The number of benzene rings is 1. The predicted octanol–water partition coefficient (Wildman–Crippen LogP) is 0.279.